The van der Waals surface area contributed by atoms with Gasteiger partial charge < -0.3 is 15.6 Å². The number of nitrogens with zero attached hydrogens (tertiary/aromatic N) is 2. The lowest BCUT2D eigenvalue weighted by atomic mass is 10.2. The van der Waals surface area contributed by atoms with E-state index in [9.17, 15) is 4.79 Å². The van der Waals surface area contributed by atoms with Gasteiger partial charge in [0, 0.05) is 18.4 Å². The SMILES string of the molecule is Cc1ccncc1NC(=O)c1cc(N)cn1C(C)C. The van der Waals surface area contributed by atoms with Crippen molar-refractivity contribution in [3.63, 3.8) is 0 Å². The molecule has 0 fully saturated rings. The van der Waals surface area contributed by atoms with E-state index in [1.165, 1.54) is 0 Å². The number of rotatable bonds is 3. The number of hydrogen-bond acceptors (Lipinski definition) is 3. The molecule has 0 saturated heterocycles. The minimum absolute atomic E-state index is 0.174. The maximum atomic E-state index is 12.3. The fraction of sp³-hybridized carbons (Fsp3) is 0.286. The number of nitrogens with one attached hydrogen (secondary N) is 1. The van der Waals surface area contributed by atoms with Crippen molar-refractivity contribution >= 4 is 17.3 Å². The first-order valence-corrected chi connectivity index (χ1v) is 6.18. The zero-order chi connectivity index (χ0) is 14.0. The maximum Gasteiger partial charge on any atom is 0.272 e. The molecule has 5 heteroatoms. The van der Waals surface area contributed by atoms with Crippen molar-refractivity contribution in [3.05, 3.63) is 42.0 Å². The van der Waals surface area contributed by atoms with Gasteiger partial charge >= 0.3 is 0 Å². The smallest absolute Gasteiger partial charge is 0.272 e. The molecule has 2 aromatic rings. The van der Waals surface area contributed by atoms with E-state index in [0.717, 1.165) is 5.56 Å². The molecule has 0 spiro atoms. The summed E-state index contributed by atoms with van der Waals surface area (Å²) in [5, 5.41) is 2.86. The summed E-state index contributed by atoms with van der Waals surface area (Å²) in [6.07, 6.45) is 5.11. The first kappa shape index (κ1) is 13.1. The fourth-order valence-electron chi connectivity index (χ4n) is 1.89. The van der Waals surface area contributed by atoms with Crippen LogP contribution in [-0.2, 0) is 0 Å². The molecule has 5 nitrogen and oxygen atoms in total. The van der Waals surface area contributed by atoms with Crippen molar-refractivity contribution in [2.45, 2.75) is 26.8 Å². The highest BCUT2D eigenvalue weighted by molar-refractivity contribution is 6.04. The third kappa shape index (κ3) is 2.76. The van der Waals surface area contributed by atoms with Crippen LogP contribution >= 0.6 is 0 Å². The number of carbonyl (C=O) groups excluding carboxylic acids is 1. The molecule has 100 valence electrons. The number of anilines is 2. The van der Waals surface area contributed by atoms with Gasteiger partial charge in [0.1, 0.15) is 5.69 Å². The molecule has 0 bridgehead atoms. The lowest BCUT2D eigenvalue weighted by Gasteiger charge is -2.13. The van der Waals surface area contributed by atoms with Crippen molar-refractivity contribution in [3.8, 4) is 0 Å². The first-order chi connectivity index (χ1) is 8.99. The van der Waals surface area contributed by atoms with Gasteiger partial charge in [-0.05, 0) is 38.5 Å². The van der Waals surface area contributed by atoms with Gasteiger partial charge in [-0.25, -0.2) is 0 Å². The van der Waals surface area contributed by atoms with Gasteiger partial charge in [-0.1, -0.05) is 0 Å². The number of hydrogen-bond donors (Lipinski definition) is 2. The number of nitrogens with two attached hydrogens (primary N) is 1. The van der Waals surface area contributed by atoms with E-state index in [0.29, 0.717) is 17.1 Å². The molecule has 0 aliphatic carbocycles. The van der Waals surface area contributed by atoms with Crippen LogP contribution < -0.4 is 11.1 Å². The van der Waals surface area contributed by atoms with E-state index >= 15 is 0 Å². The highest BCUT2D eigenvalue weighted by Crippen LogP contribution is 2.19. The summed E-state index contributed by atoms with van der Waals surface area (Å²) >= 11 is 0. The van der Waals surface area contributed by atoms with Crippen molar-refractivity contribution in [2.24, 2.45) is 0 Å². The van der Waals surface area contributed by atoms with Crippen molar-refractivity contribution in [2.75, 3.05) is 11.1 Å². The second-order valence-corrected chi connectivity index (χ2v) is 4.80. The van der Waals surface area contributed by atoms with E-state index in [1.807, 2.05) is 31.4 Å². The molecule has 0 aliphatic heterocycles. The molecule has 0 saturated carbocycles. The van der Waals surface area contributed by atoms with Gasteiger partial charge in [0.15, 0.2) is 0 Å². The Morgan fingerprint density at radius 1 is 1.47 bits per heavy atom. The Morgan fingerprint density at radius 2 is 2.21 bits per heavy atom. The zero-order valence-corrected chi connectivity index (χ0v) is 11.3. The Labute approximate surface area is 112 Å². The maximum absolute atomic E-state index is 12.3. The summed E-state index contributed by atoms with van der Waals surface area (Å²) in [6, 6.07) is 3.71. The number of nitrogen functional groups attached to an aromatic ring is 1. The standard InChI is InChI=1S/C14H18N4O/c1-9(2)18-8-11(15)6-13(18)14(19)17-12-7-16-5-4-10(12)3/h4-9H,15H2,1-3H3,(H,17,19). The van der Waals surface area contributed by atoms with Crippen LogP contribution in [0.3, 0.4) is 0 Å². The highest BCUT2D eigenvalue weighted by atomic mass is 16.1. The summed E-state index contributed by atoms with van der Waals surface area (Å²) < 4.78 is 1.86. The van der Waals surface area contributed by atoms with Gasteiger partial charge in [-0.3, -0.25) is 9.78 Å². The van der Waals surface area contributed by atoms with Gasteiger partial charge in [0.25, 0.3) is 5.91 Å². The molecule has 0 radical (unpaired) electrons. The van der Waals surface area contributed by atoms with Crippen LogP contribution in [0.15, 0.2) is 30.7 Å². The Morgan fingerprint density at radius 3 is 2.84 bits per heavy atom. The van der Waals surface area contributed by atoms with Crippen LogP contribution in [0.4, 0.5) is 11.4 Å². The number of amides is 1. The van der Waals surface area contributed by atoms with E-state index in [2.05, 4.69) is 10.3 Å². The topological polar surface area (TPSA) is 72.9 Å². The van der Waals surface area contributed by atoms with Crippen molar-refractivity contribution in [1.29, 1.82) is 0 Å². The normalized spacial score (nSPS) is 10.7. The van der Waals surface area contributed by atoms with Gasteiger partial charge in [0.2, 0.25) is 0 Å². The zero-order valence-electron chi connectivity index (χ0n) is 11.3. The molecule has 0 atom stereocenters. The minimum Gasteiger partial charge on any atom is -0.397 e. The molecule has 2 rings (SSSR count). The average Bonchev–Trinajstić information content (AvgIpc) is 2.74. The van der Waals surface area contributed by atoms with E-state index in [4.69, 9.17) is 5.73 Å². The lowest BCUT2D eigenvalue weighted by Crippen LogP contribution is -2.18. The largest absolute Gasteiger partial charge is 0.397 e. The summed E-state index contributed by atoms with van der Waals surface area (Å²) in [7, 11) is 0. The average molecular weight is 258 g/mol. The van der Waals surface area contributed by atoms with Crippen LogP contribution in [0.25, 0.3) is 0 Å². The monoisotopic (exact) mass is 258 g/mol. The lowest BCUT2D eigenvalue weighted by molar-refractivity contribution is 0.101. The van der Waals surface area contributed by atoms with Crippen LogP contribution in [0, 0.1) is 6.92 Å². The van der Waals surface area contributed by atoms with E-state index in [-0.39, 0.29) is 11.9 Å². The molecule has 3 N–H and O–H groups in total. The summed E-state index contributed by atoms with van der Waals surface area (Å²) in [4.78, 5) is 16.3. The molecule has 19 heavy (non-hydrogen) atoms. The summed E-state index contributed by atoms with van der Waals surface area (Å²) in [6.45, 7) is 5.93. The quantitative estimate of drug-likeness (QED) is 0.888. The summed E-state index contributed by atoms with van der Waals surface area (Å²) in [5.74, 6) is -0.179. The van der Waals surface area contributed by atoms with Gasteiger partial charge in [-0.2, -0.15) is 0 Å². The highest BCUT2D eigenvalue weighted by Gasteiger charge is 2.15. The Bertz CT molecular complexity index is 601. The molecule has 1 amide bonds. The summed E-state index contributed by atoms with van der Waals surface area (Å²) in [5.41, 5.74) is 8.58. The molecule has 0 aliphatic rings. The second-order valence-electron chi connectivity index (χ2n) is 4.80. The fourth-order valence-corrected chi connectivity index (χ4v) is 1.89. The molecular formula is C14H18N4O. The van der Waals surface area contributed by atoms with Crippen LogP contribution in [0.5, 0.6) is 0 Å². The van der Waals surface area contributed by atoms with E-state index < -0.39 is 0 Å². The Hall–Kier alpha value is -2.30. The predicted molar refractivity (Wildman–Crippen MR) is 76.2 cm³/mol. The van der Waals surface area contributed by atoms with Crippen molar-refractivity contribution in [1.82, 2.24) is 9.55 Å². The number of aryl methyl sites for hydroxylation is 1. The molecule has 2 aromatic heterocycles. The third-order valence-electron chi connectivity index (χ3n) is 2.95. The molecule has 0 aromatic carbocycles. The minimum atomic E-state index is -0.179. The van der Waals surface area contributed by atoms with Gasteiger partial charge in [-0.15, -0.1) is 0 Å². The first-order valence-electron chi connectivity index (χ1n) is 6.18. The van der Waals surface area contributed by atoms with E-state index in [1.54, 1.807) is 24.7 Å². The van der Waals surface area contributed by atoms with Crippen LogP contribution in [0.1, 0.15) is 35.9 Å². The van der Waals surface area contributed by atoms with Crippen molar-refractivity contribution < 1.29 is 4.79 Å². The van der Waals surface area contributed by atoms with Crippen LogP contribution in [-0.4, -0.2) is 15.5 Å². The predicted octanol–water partition coefficient (Wildman–Crippen LogP) is 2.61. The third-order valence-corrected chi connectivity index (χ3v) is 2.95. The van der Waals surface area contributed by atoms with Gasteiger partial charge in [0.05, 0.1) is 17.6 Å². The number of carbonyl (C=O) groups is 1. The Kier molecular flexibility index (Phi) is 3.55. The molecular weight excluding hydrogens is 240 g/mol. The number of pyridine rings is 1. The molecule has 2 heterocycles. The second kappa shape index (κ2) is 5.14. The Balaban J connectivity index is 2.28. The van der Waals surface area contributed by atoms with Crippen LogP contribution in [0.2, 0.25) is 0 Å². The molecule has 0 unspecified atom stereocenters. The number of aromatic nitrogens is 2.